The molecule has 0 atom stereocenters. The van der Waals surface area contributed by atoms with Gasteiger partial charge < -0.3 is 4.74 Å². The maximum atomic E-state index is 12.6. The number of fused-ring (bicyclic) bond motifs is 1. The predicted octanol–water partition coefficient (Wildman–Crippen LogP) is 4.14. The van der Waals surface area contributed by atoms with Crippen LogP contribution in [0.25, 0.3) is 16.5 Å². The van der Waals surface area contributed by atoms with E-state index in [-0.39, 0.29) is 10.6 Å². The summed E-state index contributed by atoms with van der Waals surface area (Å²) in [6.45, 7) is 5.30. The molecule has 0 bridgehead atoms. The van der Waals surface area contributed by atoms with Gasteiger partial charge >= 0.3 is 6.09 Å². The number of aromatic nitrogens is 1. The molecule has 2 aromatic rings. The second kappa shape index (κ2) is 6.25. The Morgan fingerprint density at radius 2 is 1.85 bits per heavy atom. The predicted molar refractivity (Wildman–Crippen MR) is 102 cm³/mol. The van der Waals surface area contributed by atoms with Crippen molar-refractivity contribution in [2.24, 2.45) is 0 Å². The number of likely N-dealkylation sites (N-methyl/N-ethyl adjacent to an activating group) is 1. The molecule has 0 fully saturated rings. The molecule has 136 valence electrons. The van der Waals surface area contributed by atoms with Crippen LogP contribution in [0.3, 0.4) is 0 Å². The van der Waals surface area contributed by atoms with E-state index in [0.717, 1.165) is 9.37 Å². The molecule has 8 heteroatoms. The number of nitrogens with zero attached hydrogens (tertiary/aromatic N) is 2. The number of benzene rings is 1. The fourth-order valence-corrected chi connectivity index (χ4v) is 3.38. The van der Waals surface area contributed by atoms with Crippen molar-refractivity contribution >= 4 is 61.9 Å². The van der Waals surface area contributed by atoms with E-state index in [4.69, 9.17) is 16.3 Å². The number of hydrogen-bond donors (Lipinski definition) is 0. The van der Waals surface area contributed by atoms with Crippen molar-refractivity contribution in [2.45, 2.75) is 26.4 Å². The average molecular weight is 440 g/mol. The summed E-state index contributed by atoms with van der Waals surface area (Å²) in [5.74, 6) is -1.08. The van der Waals surface area contributed by atoms with Crippen LogP contribution < -0.4 is 0 Å². The zero-order valence-electron chi connectivity index (χ0n) is 14.6. The van der Waals surface area contributed by atoms with Gasteiger partial charge in [-0.1, -0.05) is 27.5 Å². The lowest BCUT2D eigenvalue weighted by molar-refractivity contribution is -0.134. The minimum atomic E-state index is -0.681. The lowest BCUT2D eigenvalue weighted by Gasteiger charge is -2.19. The first kappa shape index (κ1) is 18.7. The molecule has 0 N–H and O–H groups in total. The van der Waals surface area contributed by atoms with Gasteiger partial charge in [0.2, 0.25) is 0 Å². The summed E-state index contributed by atoms with van der Waals surface area (Å²) < 4.78 is 7.51. The zero-order chi connectivity index (χ0) is 19.4. The average Bonchev–Trinajstić information content (AvgIpc) is 2.98. The molecule has 6 nitrogen and oxygen atoms in total. The first-order chi connectivity index (χ1) is 12.0. The van der Waals surface area contributed by atoms with Crippen molar-refractivity contribution in [3.63, 3.8) is 0 Å². The van der Waals surface area contributed by atoms with E-state index in [2.05, 4.69) is 15.9 Å². The minimum absolute atomic E-state index is 0.0737. The summed E-state index contributed by atoms with van der Waals surface area (Å²) in [5.41, 5.74) is 0.341. The monoisotopic (exact) mass is 438 g/mol. The van der Waals surface area contributed by atoms with Crippen LogP contribution in [0, 0.1) is 0 Å². The van der Waals surface area contributed by atoms with Gasteiger partial charge in [0, 0.05) is 28.7 Å². The summed E-state index contributed by atoms with van der Waals surface area (Å²) in [7, 11) is 1.36. The van der Waals surface area contributed by atoms with Gasteiger partial charge in [-0.05, 0) is 39.0 Å². The first-order valence-corrected chi connectivity index (χ1v) is 8.95. The Labute approximate surface area is 163 Å². The molecule has 2 amide bonds. The van der Waals surface area contributed by atoms with Crippen LogP contribution in [0.4, 0.5) is 4.79 Å². The fraction of sp³-hybridized carbons (Fsp3) is 0.278. The second-order valence-corrected chi connectivity index (χ2v) is 8.21. The third-order valence-electron chi connectivity index (χ3n) is 3.86. The molecule has 1 aromatic carbocycles. The third kappa shape index (κ3) is 3.05. The minimum Gasteiger partial charge on any atom is -0.443 e. The lowest BCUT2D eigenvalue weighted by atomic mass is 10.1. The highest BCUT2D eigenvalue weighted by molar-refractivity contribution is 9.10. The Hall–Kier alpha value is -2.12. The van der Waals surface area contributed by atoms with Gasteiger partial charge in [0.15, 0.2) is 0 Å². The smallest absolute Gasteiger partial charge is 0.419 e. The van der Waals surface area contributed by atoms with E-state index in [1.165, 1.54) is 17.8 Å². The molecule has 26 heavy (non-hydrogen) atoms. The molecule has 1 aliphatic heterocycles. The SMILES string of the molecule is CN1C(=O)C(Cl)=C(c2cn(C(=O)OC(C)(C)C)c3ccc(Br)cc23)C1=O. The van der Waals surface area contributed by atoms with Crippen LogP contribution in [0.2, 0.25) is 0 Å². The molecular formula is C18H16BrClN2O4. The molecule has 0 radical (unpaired) electrons. The normalized spacial score (nSPS) is 15.4. The number of rotatable bonds is 1. The van der Waals surface area contributed by atoms with E-state index in [1.807, 2.05) is 0 Å². The molecular weight excluding hydrogens is 424 g/mol. The van der Waals surface area contributed by atoms with E-state index in [9.17, 15) is 14.4 Å². The van der Waals surface area contributed by atoms with Crippen molar-refractivity contribution in [3.8, 4) is 0 Å². The van der Waals surface area contributed by atoms with Crippen LogP contribution in [0.15, 0.2) is 33.9 Å². The Morgan fingerprint density at radius 1 is 1.19 bits per heavy atom. The maximum Gasteiger partial charge on any atom is 0.419 e. The van der Waals surface area contributed by atoms with Crippen molar-refractivity contribution < 1.29 is 19.1 Å². The van der Waals surface area contributed by atoms with Crippen molar-refractivity contribution in [1.82, 2.24) is 9.47 Å². The maximum absolute atomic E-state index is 12.6. The Bertz CT molecular complexity index is 1000. The van der Waals surface area contributed by atoms with Crippen LogP contribution in [0.1, 0.15) is 26.3 Å². The number of ether oxygens (including phenoxy) is 1. The van der Waals surface area contributed by atoms with Crippen LogP contribution in [-0.4, -0.2) is 40.0 Å². The fourth-order valence-electron chi connectivity index (χ4n) is 2.71. The Balaban J connectivity index is 2.25. The number of carbonyl (C=O) groups excluding carboxylic acids is 3. The highest BCUT2D eigenvalue weighted by Crippen LogP contribution is 2.37. The van der Waals surface area contributed by atoms with E-state index in [1.54, 1.807) is 39.0 Å². The van der Waals surface area contributed by atoms with Gasteiger partial charge in [0.1, 0.15) is 10.6 Å². The largest absolute Gasteiger partial charge is 0.443 e. The standard InChI is InChI=1S/C18H16BrClN2O4/c1-18(2,3)26-17(25)22-8-11(10-7-9(19)5-6-12(10)22)13-14(20)16(24)21(4)15(13)23/h5-8H,1-4H3. The molecule has 2 heterocycles. The highest BCUT2D eigenvalue weighted by Gasteiger charge is 2.37. The van der Waals surface area contributed by atoms with Gasteiger partial charge in [0.25, 0.3) is 11.8 Å². The topological polar surface area (TPSA) is 68.6 Å². The zero-order valence-corrected chi connectivity index (χ0v) is 16.9. The Morgan fingerprint density at radius 3 is 2.38 bits per heavy atom. The van der Waals surface area contributed by atoms with Gasteiger partial charge in [-0.2, -0.15) is 0 Å². The molecule has 0 spiro atoms. The third-order valence-corrected chi connectivity index (χ3v) is 4.70. The number of amides is 2. The highest BCUT2D eigenvalue weighted by atomic mass is 79.9. The van der Waals surface area contributed by atoms with Crippen LogP contribution >= 0.6 is 27.5 Å². The number of hydrogen-bond acceptors (Lipinski definition) is 4. The van der Waals surface area contributed by atoms with Gasteiger partial charge in [0.05, 0.1) is 11.1 Å². The molecule has 3 rings (SSSR count). The molecule has 0 saturated carbocycles. The number of imide groups is 1. The van der Waals surface area contributed by atoms with E-state index in [0.29, 0.717) is 16.5 Å². The van der Waals surface area contributed by atoms with Gasteiger partial charge in [-0.15, -0.1) is 0 Å². The van der Waals surface area contributed by atoms with Gasteiger partial charge in [-0.25, -0.2) is 4.79 Å². The molecule has 0 aliphatic carbocycles. The van der Waals surface area contributed by atoms with Crippen LogP contribution in [-0.2, 0) is 14.3 Å². The first-order valence-electron chi connectivity index (χ1n) is 7.78. The summed E-state index contributed by atoms with van der Waals surface area (Å²) in [5, 5.41) is 0.440. The van der Waals surface area contributed by atoms with Gasteiger partial charge in [-0.3, -0.25) is 19.1 Å². The molecule has 0 unspecified atom stereocenters. The quantitative estimate of drug-likeness (QED) is 0.626. The summed E-state index contributed by atoms with van der Waals surface area (Å²) in [4.78, 5) is 38.1. The summed E-state index contributed by atoms with van der Waals surface area (Å²) in [6, 6.07) is 5.27. The molecule has 1 aliphatic rings. The Kier molecular flexibility index (Phi) is 4.48. The second-order valence-electron chi connectivity index (χ2n) is 6.91. The lowest BCUT2D eigenvalue weighted by Crippen LogP contribution is -2.27. The molecule has 1 aromatic heterocycles. The molecule has 0 saturated heterocycles. The summed E-state index contributed by atoms with van der Waals surface area (Å²) in [6.07, 6.45) is 0.894. The number of halogens is 2. The van der Waals surface area contributed by atoms with Crippen LogP contribution in [0.5, 0.6) is 0 Å². The summed E-state index contributed by atoms with van der Waals surface area (Å²) >= 11 is 9.51. The van der Waals surface area contributed by atoms with Crippen molar-refractivity contribution in [2.75, 3.05) is 7.05 Å². The van der Waals surface area contributed by atoms with Crippen molar-refractivity contribution in [1.29, 1.82) is 0 Å². The van der Waals surface area contributed by atoms with Crippen molar-refractivity contribution in [3.05, 3.63) is 39.5 Å². The van der Waals surface area contributed by atoms with E-state index >= 15 is 0 Å². The number of carbonyl (C=O) groups is 3. The van der Waals surface area contributed by atoms with E-state index < -0.39 is 23.5 Å².